The van der Waals surface area contributed by atoms with Crippen molar-refractivity contribution in [1.29, 1.82) is 0 Å². The number of allylic oxidation sites excluding steroid dienone is 11. The zero-order valence-corrected chi connectivity index (χ0v) is 52.1. The Bertz CT molecular complexity index is 1590. The van der Waals surface area contributed by atoms with Crippen LogP contribution in [-0.4, -0.2) is 99.6 Å². The van der Waals surface area contributed by atoms with Gasteiger partial charge in [0.2, 0.25) is 5.91 Å². The number of carbonyl (C=O) groups excluding carboxylic acids is 2. The van der Waals surface area contributed by atoms with Crippen LogP contribution in [0.5, 0.6) is 0 Å². The molecule has 11 nitrogen and oxygen atoms in total. The van der Waals surface area contributed by atoms with Gasteiger partial charge in [-0.05, 0) is 96.3 Å². The highest BCUT2D eigenvalue weighted by Crippen LogP contribution is 2.26. The minimum atomic E-state index is -1.62. The monoisotopic (exact) mass is 1140 g/mol. The van der Waals surface area contributed by atoms with Gasteiger partial charge in [0, 0.05) is 6.42 Å². The van der Waals surface area contributed by atoms with Crippen molar-refractivity contribution in [3.8, 4) is 0 Å². The SMILES string of the molecule is CCCCC/C=C\C/C=C\C/C=C\CCCCCCCCCCC(=O)OC1C(OCC(NC(=O)C(O)CCCCCCCCCCCC/C=C\C/C=C\CCCCC)C(O)/C=C/CCCCCCCCCCC)OC(CO)C(O)C1O. The summed E-state index contributed by atoms with van der Waals surface area (Å²) in [6.07, 6.45) is 63.6. The topological polar surface area (TPSA) is 175 Å². The Morgan fingerprint density at radius 3 is 1.30 bits per heavy atom. The van der Waals surface area contributed by atoms with Crippen molar-refractivity contribution in [2.24, 2.45) is 0 Å². The molecule has 0 aromatic carbocycles. The van der Waals surface area contributed by atoms with Crippen LogP contribution >= 0.6 is 0 Å². The molecular formula is C70H125NO10. The molecule has 0 bridgehead atoms. The highest BCUT2D eigenvalue weighted by atomic mass is 16.7. The number of esters is 1. The molecule has 8 atom stereocenters. The molecule has 0 aromatic rings. The van der Waals surface area contributed by atoms with E-state index in [1.165, 1.54) is 154 Å². The summed E-state index contributed by atoms with van der Waals surface area (Å²) in [4.78, 5) is 26.6. The lowest BCUT2D eigenvalue weighted by Gasteiger charge is -2.41. The molecule has 0 radical (unpaired) electrons. The fraction of sp³-hybridized carbons (Fsp3) is 0.800. The number of carbonyl (C=O) groups is 2. The molecular weight excluding hydrogens is 1010 g/mol. The number of aliphatic hydroxyl groups is 5. The van der Waals surface area contributed by atoms with Crippen molar-refractivity contribution in [2.75, 3.05) is 13.2 Å². The van der Waals surface area contributed by atoms with Crippen molar-refractivity contribution in [3.05, 3.63) is 72.9 Å². The molecule has 1 heterocycles. The number of amides is 1. The van der Waals surface area contributed by atoms with E-state index < -0.39 is 67.4 Å². The van der Waals surface area contributed by atoms with Gasteiger partial charge in [0.15, 0.2) is 12.4 Å². The van der Waals surface area contributed by atoms with E-state index in [1.54, 1.807) is 6.08 Å². The Morgan fingerprint density at radius 2 is 0.852 bits per heavy atom. The van der Waals surface area contributed by atoms with Gasteiger partial charge in [-0.1, -0.05) is 267 Å². The number of rotatable bonds is 57. The zero-order chi connectivity index (χ0) is 58.9. The zero-order valence-electron chi connectivity index (χ0n) is 52.1. The number of hydrogen-bond acceptors (Lipinski definition) is 10. The number of unbranched alkanes of at least 4 members (excludes halogenated alkanes) is 33. The lowest BCUT2D eigenvalue weighted by atomic mass is 9.99. The summed E-state index contributed by atoms with van der Waals surface area (Å²) in [5.41, 5.74) is 0. The van der Waals surface area contributed by atoms with Crippen LogP contribution in [0, 0.1) is 0 Å². The largest absolute Gasteiger partial charge is 0.454 e. The lowest BCUT2D eigenvalue weighted by molar-refractivity contribution is -0.305. The summed E-state index contributed by atoms with van der Waals surface area (Å²) >= 11 is 0. The minimum absolute atomic E-state index is 0.113. The Morgan fingerprint density at radius 1 is 0.481 bits per heavy atom. The molecule has 1 saturated heterocycles. The molecule has 0 aromatic heterocycles. The van der Waals surface area contributed by atoms with Gasteiger partial charge in [-0.2, -0.15) is 0 Å². The highest BCUT2D eigenvalue weighted by Gasteiger charge is 2.47. The first kappa shape index (κ1) is 76.1. The van der Waals surface area contributed by atoms with Crippen molar-refractivity contribution in [3.63, 3.8) is 0 Å². The van der Waals surface area contributed by atoms with Crippen LogP contribution in [0.25, 0.3) is 0 Å². The molecule has 11 heteroatoms. The molecule has 470 valence electrons. The molecule has 1 aliphatic rings. The van der Waals surface area contributed by atoms with Gasteiger partial charge >= 0.3 is 5.97 Å². The van der Waals surface area contributed by atoms with Crippen LogP contribution in [0.4, 0.5) is 0 Å². The smallest absolute Gasteiger partial charge is 0.306 e. The first-order valence-electron chi connectivity index (χ1n) is 33.7. The van der Waals surface area contributed by atoms with Crippen LogP contribution < -0.4 is 5.32 Å². The molecule has 1 aliphatic heterocycles. The van der Waals surface area contributed by atoms with Crippen LogP contribution in [0.15, 0.2) is 72.9 Å². The van der Waals surface area contributed by atoms with E-state index in [-0.39, 0.29) is 19.4 Å². The van der Waals surface area contributed by atoms with Gasteiger partial charge in [0.1, 0.15) is 24.4 Å². The van der Waals surface area contributed by atoms with Crippen molar-refractivity contribution in [1.82, 2.24) is 5.32 Å². The maximum atomic E-state index is 13.5. The third-order valence-electron chi connectivity index (χ3n) is 15.6. The van der Waals surface area contributed by atoms with E-state index >= 15 is 0 Å². The van der Waals surface area contributed by atoms with E-state index in [4.69, 9.17) is 14.2 Å². The molecule has 1 fully saturated rings. The van der Waals surface area contributed by atoms with Gasteiger partial charge < -0.3 is 45.1 Å². The van der Waals surface area contributed by atoms with E-state index in [0.29, 0.717) is 12.8 Å². The van der Waals surface area contributed by atoms with Crippen molar-refractivity contribution < 1.29 is 49.3 Å². The Hall–Kier alpha value is -2.90. The Labute approximate surface area is 496 Å². The molecule has 1 rings (SSSR count). The quantitative estimate of drug-likeness (QED) is 0.0195. The summed E-state index contributed by atoms with van der Waals surface area (Å²) in [6.45, 7) is 5.75. The van der Waals surface area contributed by atoms with Gasteiger partial charge in [0.05, 0.1) is 25.4 Å². The predicted molar refractivity (Wildman–Crippen MR) is 338 cm³/mol. The Kier molecular flexibility index (Phi) is 54.1. The lowest BCUT2D eigenvalue weighted by Crippen LogP contribution is -2.61. The van der Waals surface area contributed by atoms with Crippen LogP contribution in [0.3, 0.4) is 0 Å². The summed E-state index contributed by atoms with van der Waals surface area (Å²) in [7, 11) is 0. The molecule has 0 aliphatic carbocycles. The Balaban J connectivity index is 2.61. The molecule has 81 heavy (non-hydrogen) atoms. The summed E-state index contributed by atoms with van der Waals surface area (Å²) in [5.74, 6) is -1.20. The van der Waals surface area contributed by atoms with Gasteiger partial charge in [-0.3, -0.25) is 9.59 Å². The van der Waals surface area contributed by atoms with Crippen LogP contribution in [0.2, 0.25) is 0 Å². The third kappa shape index (κ3) is 45.2. The van der Waals surface area contributed by atoms with E-state index in [2.05, 4.69) is 86.8 Å². The molecule has 6 N–H and O–H groups in total. The second kappa shape index (κ2) is 57.5. The molecule has 0 saturated carbocycles. The van der Waals surface area contributed by atoms with Gasteiger partial charge in [-0.25, -0.2) is 0 Å². The average Bonchev–Trinajstić information content (AvgIpc) is 3.50. The number of nitrogens with one attached hydrogen (secondary N) is 1. The molecule has 8 unspecified atom stereocenters. The molecule has 0 spiro atoms. The maximum Gasteiger partial charge on any atom is 0.306 e. The number of hydrogen-bond donors (Lipinski definition) is 6. The summed E-state index contributed by atoms with van der Waals surface area (Å²) < 4.78 is 17.7. The first-order chi connectivity index (χ1) is 39.7. The van der Waals surface area contributed by atoms with E-state index in [9.17, 15) is 35.1 Å². The summed E-state index contributed by atoms with van der Waals surface area (Å²) in [5, 5.41) is 57.1. The highest BCUT2D eigenvalue weighted by molar-refractivity contribution is 5.80. The fourth-order valence-corrected chi connectivity index (χ4v) is 10.2. The second-order valence-corrected chi connectivity index (χ2v) is 23.2. The normalized spacial score (nSPS) is 19.1. The predicted octanol–water partition coefficient (Wildman–Crippen LogP) is 16.7. The number of ether oxygens (including phenoxy) is 3. The van der Waals surface area contributed by atoms with E-state index in [0.717, 1.165) is 96.3 Å². The van der Waals surface area contributed by atoms with Crippen LogP contribution in [-0.2, 0) is 23.8 Å². The average molecular weight is 1140 g/mol. The number of aliphatic hydroxyl groups excluding tert-OH is 5. The van der Waals surface area contributed by atoms with Crippen molar-refractivity contribution in [2.45, 2.75) is 346 Å². The first-order valence-corrected chi connectivity index (χ1v) is 33.7. The van der Waals surface area contributed by atoms with Gasteiger partial charge in [0.25, 0.3) is 0 Å². The minimum Gasteiger partial charge on any atom is -0.454 e. The molecule has 1 amide bonds. The third-order valence-corrected chi connectivity index (χ3v) is 15.6. The summed E-state index contributed by atoms with van der Waals surface area (Å²) in [6, 6.07) is -1.03. The second-order valence-electron chi connectivity index (χ2n) is 23.2. The standard InChI is InChI=1S/C70H125NO10/c1-4-7-10-13-16-19-22-24-26-28-30-32-34-36-38-40-43-46-49-52-55-58-65(75)81-68-67(77)66(76)64(59-72)80-70(68)79-60-61(62(73)56-53-50-47-44-41-21-18-15-12-9-6-3)71-69(78)63(74)57-54-51-48-45-42-39-37-35-33-31-29-27-25-23-20-17-14-11-8-5-2/h16-17,19-20,24-27,30,32,53,56,61-64,66-68,70,72-74,76-77H,4-15,18,21-23,28-29,31,33-52,54-55,57-60H2,1-3H3,(H,71,78)/b19-16-,20-17-,26-24-,27-25-,32-30-,56-53+. The fourth-order valence-electron chi connectivity index (χ4n) is 10.2. The van der Waals surface area contributed by atoms with Crippen LogP contribution in [0.1, 0.15) is 297 Å². The van der Waals surface area contributed by atoms with Gasteiger partial charge in [-0.15, -0.1) is 0 Å². The van der Waals surface area contributed by atoms with Crippen molar-refractivity contribution >= 4 is 11.9 Å². The maximum absolute atomic E-state index is 13.5. The van der Waals surface area contributed by atoms with E-state index in [1.807, 2.05) is 6.08 Å².